The molecule has 0 aromatic heterocycles. The summed E-state index contributed by atoms with van der Waals surface area (Å²) in [5, 5.41) is 12.2. The smallest absolute Gasteiger partial charge is 0.224 e. The van der Waals surface area contributed by atoms with E-state index in [4.69, 9.17) is 11.6 Å². The van der Waals surface area contributed by atoms with Gasteiger partial charge < -0.3 is 10.4 Å². The number of alkyl halides is 1. The van der Waals surface area contributed by atoms with Crippen molar-refractivity contribution < 1.29 is 9.90 Å². The van der Waals surface area contributed by atoms with Crippen molar-refractivity contribution in [3.63, 3.8) is 0 Å². The van der Waals surface area contributed by atoms with E-state index >= 15 is 0 Å². The number of hydrogen-bond acceptors (Lipinski definition) is 2. The second kappa shape index (κ2) is 7.98. The van der Waals surface area contributed by atoms with E-state index in [0.29, 0.717) is 24.8 Å². The van der Waals surface area contributed by atoms with Gasteiger partial charge in [-0.15, -0.1) is 11.6 Å². The van der Waals surface area contributed by atoms with E-state index in [1.165, 1.54) is 0 Å². The summed E-state index contributed by atoms with van der Waals surface area (Å²) in [4.78, 5) is 11.6. The van der Waals surface area contributed by atoms with E-state index in [9.17, 15) is 9.90 Å². The molecule has 100 valence electrons. The van der Waals surface area contributed by atoms with Gasteiger partial charge in [-0.05, 0) is 36.5 Å². The van der Waals surface area contributed by atoms with Gasteiger partial charge in [0.05, 0.1) is 6.42 Å². The third kappa shape index (κ3) is 5.92. The van der Waals surface area contributed by atoms with Crippen LogP contribution in [0, 0.1) is 5.92 Å². The predicted molar refractivity (Wildman–Crippen MR) is 73.9 cm³/mol. The van der Waals surface area contributed by atoms with Crippen molar-refractivity contribution in [1.29, 1.82) is 0 Å². The van der Waals surface area contributed by atoms with Crippen LogP contribution in [0.3, 0.4) is 0 Å². The molecule has 0 aliphatic carbocycles. The molecule has 1 rings (SSSR count). The predicted octanol–water partition coefficient (Wildman–Crippen LogP) is 2.71. The van der Waals surface area contributed by atoms with Crippen molar-refractivity contribution in [3.8, 4) is 5.75 Å². The minimum atomic E-state index is -0.0147. The number of phenolic OH excluding ortho intramolecular Hbond substituents is 1. The largest absolute Gasteiger partial charge is 0.508 e. The summed E-state index contributed by atoms with van der Waals surface area (Å²) in [6.45, 7) is 2.78. The number of hydrogen-bond donors (Lipinski definition) is 2. The molecule has 0 saturated heterocycles. The lowest BCUT2D eigenvalue weighted by Gasteiger charge is -2.08. The highest BCUT2D eigenvalue weighted by molar-refractivity contribution is 6.18. The zero-order valence-electron chi connectivity index (χ0n) is 10.7. The Balaban J connectivity index is 2.22. The Hall–Kier alpha value is -1.22. The first-order chi connectivity index (χ1) is 8.61. The van der Waals surface area contributed by atoms with E-state index in [1.54, 1.807) is 18.2 Å². The number of halogens is 1. The summed E-state index contributed by atoms with van der Waals surface area (Å²) < 4.78 is 0. The summed E-state index contributed by atoms with van der Waals surface area (Å²) in [7, 11) is 0. The van der Waals surface area contributed by atoms with Gasteiger partial charge in [0.25, 0.3) is 0 Å². The van der Waals surface area contributed by atoms with Crippen LogP contribution in [0.15, 0.2) is 24.3 Å². The second-order valence-electron chi connectivity index (χ2n) is 4.60. The van der Waals surface area contributed by atoms with Crippen LogP contribution in [0.2, 0.25) is 0 Å². The topological polar surface area (TPSA) is 49.3 Å². The van der Waals surface area contributed by atoms with Gasteiger partial charge in [0.1, 0.15) is 5.75 Å². The third-order valence-corrected chi connectivity index (χ3v) is 3.26. The fourth-order valence-corrected chi connectivity index (χ4v) is 1.82. The maximum absolute atomic E-state index is 11.6. The molecule has 3 nitrogen and oxygen atoms in total. The van der Waals surface area contributed by atoms with E-state index < -0.39 is 0 Å². The highest BCUT2D eigenvalue weighted by atomic mass is 35.5. The van der Waals surface area contributed by atoms with Gasteiger partial charge >= 0.3 is 0 Å². The number of aromatic hydroxyl groups is 1. The molecule has 1 amide bonds. The minimum Gasteiger partial charge on any atom is -0.508 e. The molecule has 0 heterocycles. The molecule has 0 radical (unpaired) electrons. The third-order valence-electron chi connectivity index (χ3n) is 2.73. The summed E-state index contributed by atoms with van der Waals surface area (Å²) in [5.74, 6) is 1.34. The highest BCUT2D eigenvalue weighted by Gasteiger charge is 2.04. The minimum absolute atomic E-state index is 0.0147. The van der Waals surface area contributed by atoms with Gasteiger partial charge in [0.2, 0.25) is 5.91 Å². The molecule has 0 aliphatic heterocycles. The molecule has 1 aromatic carbocycles. The van der Waals surface area contributed by atoms with Crippen LogP contribution < -0.4 is 5.32 Å². The molecule has 0 aliphatic rings. The van der Waals surface area contributed by atoms with E-state index in [1.807, 2.05) is 6.07 Å². The van der Waals surface area contributed by atoms with Crippen LogP contribution in [-0.4, -0.2) is 23.4 Å². The van der Waals surface area contributed by atoms with Crippen molar-refractivity contribution >= 4 is 17.5 Å². The fourth-order valence-electron chi connectivity index (χ4n) is 1.67. The van der Waals surface area contributed by atoms with Gasteiger partial charge in [-0.2, -0.15) is 0 Å². The first kappa shape index (κ1) is 14.8. The van der Waals surface area contributed by atoms with E-state index in [0.717, 1.165) is 18.4 Å². The number of carbonyl (C=O) groups is 1. The monoisotopic (exact) mass is 269 g/mol. The lowest BCUT2D eigenvalue weighted by atomic mass is 10.1. The molecule has 18 heavy (non-hydrogen) atoms. The van der Waals surface area contributed by atoms with Crippen LogP contribution in [0.5, 0.6) is 5.75 Å². The second-order valence-corrected chi connectivity index (χ2v) is 4.91. The zero-order chi connectivity index (χ0) is 13.4. The van der Waals surface area contributed by atoms with Crippen LogP contribution in [0.25, 0.3) is 0 Å². The van der Waals surface area contributed by atoms with Gasteiger partial charge in [0, 0.05) is 12.4 Å². The molecule has 0 bridgehead atoms. The molecule has 1 unspecified atom stereocenters. The van der Waals surface area contributed by atoms with E-state index in [2.05, 4.69) is 12.2 Å². The first-order valence-corrected chi connectivity index (χ1v) is 6.76. The Morgan fingerprint density at radius 2 is 2.28 bits per heavy atom. The van der Waals surface area contributed by atoms with Gasteiger partial charge in [-0.25, -0.2) is 0 Å². The Bertz CT molecular complexity index is 382. The van der Waals surface area contributed by atoms with Crippen molar-refractivity contribution in [2.24, 2.45) is 5.92 Å². The first-order valence-electron chi connectivity index (χ1n) is 6.22. The zero-order valence-corrected chi connectivity index (χ0v) is 11.4. The Labute approximate surface area is 113 Å². The number of amides is 1. The fraction of sp³-hybridized carbons (Fsp3) is 0.500. The summed E-state index contributed by atoms with van der Waals surface area (Å²) >= 11 is 5.70. The van der Waals surface area contributed by atoms with Crippen LogP contribution >= 0.6 is 11.6 Å². The number of phenols is 1. The van der Waals surface area contributed by atoms with Crippen LogP contribution in [-0.2, 0) is 11.2 Å². The molecule has 0 fully saturated rings. The van der Waals surface area contributed by atoms with Gasteiger partial charge in [-0.1, -0.05) is 19.1 Å². The van der Waals surface area contributed by atoms with Crippen molar-refractivity contribution in [1.82, 2.24) is 5.32 Å². The molecule has 0 saturated carbocycles. The summed E-state index contributed by atoms with van der Waals surface area (Å²) in [6, 6.07) is 6.76. The molecule has 1 aromatic rings. The maximum atomic E-state index is 11.6. The molecule has 1 atom stereocenters. The molecule has 0 spiro atoms. The lowest BCUT2D eigenvalue weighted by molar-refractivity contribution is -0.120. The van der Waals surface area contributed by atoms with Gasteiger partial charge in [0.15, 0.2) is 0 Å². The highest BCUT2D eigenvalue weighted by Crippen LogP contribution is 2.11. The normalized spacial score (nSPS) is 12.1. The summed E-state index contributed by atoms with van der Waals surface area (Å²) in [5.41, 5.74) is 0.821. The van der Waals surface area contributed by atoms with Crippen LogP contribution in [0.4, 0.5) is 0 Å². The van der Waals surface area contributed by atoms with Crippen molar-refractivity contribution in [2.75, 3.05) is 12.4 Å². The maximum Gasteiger partial charge on any atom is 0.224 e. The Kier molecular flexibility index (Phi) is 6.58. The Morgan fingerprint density at radius 1 is 1.50 bits per heavy atom. The standard InChI is InChI=1S/C14H20ClNO2/c1-11(10-15)4-3-7-16-14(18)9-12-5-2-6-13(17)8-12/h2,5-6,8,11,17H,3-4,7,9-10H2,1H3,(H,16,18). The number of benzene rings is 1. The lowest BCUT2D eigenvalue weighted by Crippen LogP contribution is -2.26. The Morgan fingerprint density at radius 3 is 2.94 bits per heavy atom. The average Bonchev–Trinajstić information content (AvgIpc) is 2.34. The number of nitrogens with one attached hydrogen (secondary N) is 1. The quantitative estimate of drug-likeness (QED) is 0.591. The molecule has 2 N–H and O–H groups in total. The molecular weight excluding hydrogens is 250 g/mol. The van der Waals surface area contributed by atoms with Crippen molar-refractivity contribution in [3.05, 3.63) is 29.8 Å². The number of carbonyl (C=O) groups excluding carboxylic acids is 1. The SMILES string of the molecule is CC(CCl)CCCNC(=O)Cc1cccc(O)c1. The van der Waals surface area contributed by atoms with Crippen molar-refractivity contribution in [2.45, 2.75) is 26.2 Å². The molecule has 4 heteroatoms. The average molecular weight is 270 g/mol. The van der Waals surface area contributed by atoms with E-state index in [-0.39, 0.29) is 11.7 Å². The molecular formula is C14H20ClNO2. The van der Waals surface area contributed by atoms with Gasteiger partial charge in [-0.3, -0.25) is 4.79 Å². The number of rotatable bonds is 7. The summed E-state index contributed by atoms with van der Waals surface area (Å²) in [6.07, 6.45) is 2.27. The van der Waals surface area contributed by atoms with Crippen LogP contribution in [0.1, 0.15) is 25.3 Å².